The minimum Gasteiger partial charge on any atom is -0.248 e. The van der Waals surface area contributed by atoms with Gasteiger partial charge in [0.05, 0.1) is 33.6 Å². The van der Waals surface area contributed by atoms with Crippen LogP contribution in [0.1, 0.15) is 0 Å². The lowest BCUT2D eigenvalue weighted by Crippen LogP contribution is -1.91. The maximum absolute atomic E-state index is 5.12. The molecule has 44 heavy (non-hydrogen) atoms. The summed E-state index contributed by atoms with van der Waals surface area (Å²) in [6, 6.07) is 53.3. The summed E-state index contributed by atoms with van der Waals surface area (Å²) in [5, 5.41) is 8.16. The van der Waals surface area contributed by atoms with Crippen LogP contribution >= 0.6 is 0 Å². The number of fused-ring (bicyclic) bond motifs is 6. The molecule has 0 aliphatic rings. The van der Waals surface area contributed by atoms with Gasteiger partial charge in [-0.05, 0) is 57.6 Å². The van der Waals surface area contributed by atoms with Crippen LogP contribution in [0.3, 0.4) is 0 Å². The average Bonchev–Trinajstić information content (AvgIpc) is 3.10. The third-order valence-electron chi connectivity index (χ3n) is 8.63. The molecule has 0 fully saturated rings. The first kappa shape index (κ1) is 24.6. The van der Waals surface area contributed by atoms with E-state index in [1.54, 1.807) is 0 Å². The van der Waals surface area contributed by atoms with Gasteiger partial charge in [0.2, 0.25) is 0 Å². The van der Waals surface area contributed by atoms with E-state index in [2.05, 4.69) is 152 Å². The molecule has 0 saturated carbocycles. The molecule has 0 atom stereocenters. The highest BCUT2D eigenvalue weighted by Crippen LogP contribution is 2.32. The van der Waals surface area contributed by atoms with E-state index in [1.807, 2.05) is 0 Å². The average molecular weight is 560 g/mol. The SMILES string of the molecule is c1ccc2c(-c3ccc4ccc(-c5ccc6ccc(-c7ccc8ccc9ccccc9c8n7)nc6c5)nc4c3)cccc2c1. The molecule has 3 nitrogen and oxygen atoms in total. The van der Waals surface area contributed by atoms with Gasteiger partial charge in [-0.15, -0.1) is 0 Å². The molecule has 0 radical (unpaired) electrons. The second-order valence-corrected chi connectivity index (χ2v) is 11.3. The molecule has 0 bridgehead atoms. The lowest BCUT2D eigenvalue weighted by molar-refractivity contribution is 1.32. The van der Waals surface area contributed by atoms with E-state index in [-0.39, 0.29) is 0 Å². The number of rotatable bonds is 3. The highest BCUT2D eigenvalue weighted by Gasteiger charge is 2.10. The molecular weight excluding hydrogens is 534 g/mol. The van der Waals surface area contributed by atoms with E-state index < -0.39 is 0 Å². The van der Waals surface area contributed by atoms with Crippen LogP contribution in [0.25, 0.3) is 88.0 Å². The fraction of sp³-hybridized carbons (Fsp3) is 0. The zero-order chi connectivity index (χ0) is 29.0. The summed E-state index contributed by atoms with van der Waals surface area (Å²) in [5.41, 5.74) is 8.97. The summed E-state index contributed by atoms with van der Waals surface area (Å²) in [4.78, 5) is 15.3. The van der Waals surface area contributed by atoms with Crippen molar-refractivity contribution in [2.75, 3.05) is 0 Å². The number of pyridine rings is 3. The van der Waals surface area contributed by atoms with Crippen molar-refractivity contribution in [2.24, 2.45) is 0 Å². The van der Waals surface area contributed by atoms with Gasteiger partial charge < -0.3 is 0 Å². The topological polar surface area (TPSA) is 38.7 Å². The molecule has 204 valence electrons. The normalized spacial score (nSPS) is 11.6. The summed E-state index contributed by atoms with van der Waals surface area (Å²) >= 11 is 0. The maximum Gasteiger partial charge on any atom is 0.0894 e. The predicted octanol–water partition coefficient (Wildman–Crippen LogP) is 10.6. The first-order valence-corrected chi connectivity index (χ1v) is 14.9. The molecule has 3 heterocycles. The minimum absolute atomic E-state index is 0.857. The quantitative estimate of drug-likeness (QED) is 0.202. The third kappa shape index (κ3) is 4.10. The number of hydrogen-bond acceptors (Lipinski definition) is 3. The summed E-state index contributed by atoms with van der Waals surface area (Å²) < 4.78 is 0. The van der Waals surface area contributed by atoms with E-state index in [9.17, 15) is 0 Å². The minimum atomic E-state index is 0.857. The molecule has 0 unspecified atom stereocenters. The lowest BCUT2D eigenvalue weighted by atomic mass is 9.97. The Morgan fingerprint density at radius 3 is 1.66 bits per heavy atom. The van der Waals surface area contributed by atoms with E-state index in [0.29, 0.717) is 0 Å². The summed E-state index contributed by atoms with van der Waals surface area (Å²) in [7, 11) is 0. The van der Waals surface area contributed by atoms with Crippen LogP contribution in [0.2, 0.25) is 0 Å². The van der Waals surface area contributed by atoms with Crippen molar-refractivity contribution in [3.05, 3.63) is 152 Å². The molecule has 3 heteroatoms. The molecule has 0 amide bonds. The molecule has 0 spiro atoms. The molecule has 0 aliphatic carbocycles. The Bertz CT molecular complexity index is 2560. The van der Waals surface area contributed by atoms with E-state index in [4.69, 9.17) is 15.0 Å². The number of benzene rings is 6. The second kappa shape index (κ2) is 9.82. The number of aromatic nitrogens is 3. The fourth-order valence-corrected chi connectivity index (χ4v) is 6.34. The zero-order valence-electron chi connectivity index (χ0n) is 23.8. The summed E-state index contributed by atoms with van der Waals surface area (Å²) in [5.74, 6) is 0. The fourth-order valence-electron chi connectivity index (χ4n) is 6.34. The van der Waals surface area contributed by atoms with Gasteiger partial charge in [0.25, 0.3) is 0 Å². The van der Waals surface area contributed by atoms with E-state index >= 15 is 0 Å². The number of nitrogens with zero attached hydrogens (tertiary/aromatic N) is 3. The van der Waals surface area contributed by atoms with Crippen LogP contribution in [0.5, 0.6) is 0 Å². The summed E-state index contributed by atoms with van der Waals surface area (Å²) in [6.07, 6.45) is 0. The van der Waals surface area contributed by atoms with Crippen molar-refractivity contribution in [2.45, 2.75) is 0 Å². The van der Waals surface area contributed by atoms with Gasteiger partial charge >= 0.3 is 0 Å². The van der Waals surface area contributed by atoms with Crippen molar-refractivity contribution in [1.82, 2.24) is 15.0 Å². The first-order valence-electron chi connectivity index (χ1n) is 14.9. The van der Waals surface area contributed by atoms with Gasteiger partial charge in [0.15, 0.2) is 0 Å². The van der Waals surface area contributed by atoms with E-state index in [1.165, 1.54) is 27.3 Å². The van der Waals surface area contributed by atoms with Gasteiger partial charge in [-0.2, -0.15) is 0 Å². The van der Waals surface area contributed by atoms with Gasteiger partial charge in [0, 0.05) is 27.1 Å². The Morgan fingerprint density at radius 2 is 0.841 bits per heavy atom. The van der Waals surface area contributed by atoms with Crippen molar-refractivity contribution < 1.29 is 0 Å². The largest absolute Gasteiger partial charge is 0.248 e. The Labute approximate surface area is 254 Å². The third-order valence-corrected chi connectivity index (χ3v) is 8.63. The van der Waals surface area contributed by atoms with Crippen LogP contribution in [-0.2, 0) is 0 Å². The van der Waals surface area contributed by atoms with Crippen molar-refractivity contribution in [1.29, 1.82) is 0 Å². The Balaban J connectivity index is 1.12. The molecule has 6 aromatic carbocycles. The molecular formula is C41H25N3. The second-order valence-electron chi connectivity index (χ2n) is 11.3. The van der Waals surface area contributed by atoms with Gasteiger partial charge in [-0.25, -0.2) is 15.0 Å². The van der Waals surface area contributed by atoms with Crippen molar-refractivity contribution in [3.63, 3.8) is 0 Å². The van der Waals surface area contributed by atoms with Gasteiger partial charge in [-0.3, -0.25) is 0 Å². The predicted molar refractivity (Wildman–Crippen MR) is 184 cm³/mol. The van der Waals surface area contributed by atoms with Crippen molar-refractivity contribution in [3.8, 4) is 33.8 Å². The highest BCUT2D eigenvalue weighted by molar-refractivity contribution is 6.05. The van der Waals surface area contributed by atoms with Crippen LogP contribution in [0.15, 0.2) is 152 Å². The standard InChI is InChI=1S/C41H25N3/c1-3-9-33-26(6-1)8-5-11-34(33)31-16-13-28-18-21-36(42-39(28)24-31)32-17-14-29-19-22-37(43-40(29)25-32)38-23-20-30-15-12-27-7-2-4-10-35(27)41(30)44-38/h1-25H. The zero-order valence-corrected chi connectivity index (χ0v) is 23.8. The van der Waals surface area contributed by atoms with Gasteiger partial charge in [-0.1, -0.05) is 121 Å². The maximum atomic E-state index is 5.12. The summed E-state index contributed by atoms with van der Waals surface area (Å²) in [6.45, 7) is 0. The molecule has 3 aromatic heterocycles. The molecule has 0 aliphatic heterocycles. The van der Waals surface area contributed by atoms with Crippen molar-refractivity contribution >= 4 is 54.3 Å². The van der Waals surface area contributed by atoms with E-state index in [0.717, 1.165) is 60.7 Å². The Morgan fingerprint density at radius 1 is 0.318 bits per heavy atom. The Kier molecular flexibility index (Phi) is 5.50. The van der Waals surface area contributed by atoms with Gasteiger partial charge in [0.1, 0.15) is 0 Å². The molecule has 0 saturated heterocycles. The van der Waals surface area contributed by atoms with Crippen LogP contribution in [-0.4, -0.2) is 15.0 Å². The molecule has 9 rings (SSSR count). The first-order chi connectivity index (χ1) is 21.8. The molecule has 9 aromatic rings. The lowest BCUT2D eigenvalue weighted by Gasteiger charge is -2.10. The van der Waals surface area contributed by atoms with Crippen LogP contribution in [0, 0.1) is 0 Å². The number of hydrogen-bond donors (Lipinski definition) is 0. The molecule has 0 N–H and O–H groups in total. The van der Waals surface area contributed by atoms with Crippen LogP contribution in [0.4, 0.5) is 0 Å². The van der Waals surface area contributed by atoms with Crippen LogP contribution < -0.4 is 0 Å². The Hall–Kier alpha value is -5.93. The highest BCUT2D eigenvalue weighted by atomic mass is 14.8. The smallest absolute Gasteiger partial charge is 0.0894 e. The monoisotopic (exact) mass is 559 g/mol.